The van der Waals surface area contributed by atoms with Crippen molar-refractivity contribution >= 4 is 0 Å². The summed E-state index contributed by atoms with van der Waals surface area (Å²) < 4.78 is 5.50. The highest BCUT2D eigenvalue weighted by molar-refractivity contribution is 5.18. The van der Waals surface area contributed by atoms with Gasteiger partial charge in [0.25, 0.3) is 0 Å². The van der Waals surface area contributed by atoms with Crippen LogP contribution in [-0.2, 0) is 0 Å². The maximum Gasteiger partial charge on any atom is 0.123 e. The van der Waals surface area contributed by atoms with Crippen LogP contribution in [-0.4, -0.2) is 0 Å². The van der Waals surface area contributed by atoms with Gasteiger partial charge in [0.1, 0.15) is 5.76 Å². The van der Waals surface area contributed by atoms with Gasteiger partial charge in [-0.2, -0.15) is 0 Å². The van der Waals surface area contributed by atoms with E-state index in [0.29, 0.717) is 5.92 Å². The first-order chi connectivity index (χ1) is 7.29. The summed E-state index contributed by atoms with van der Waals surface area (Å²) in [5, 5.41) is 0. The van der Waals surface area contributed by atoms with Crippen LogP contribution < -0.4 is 5.73 Å². The van der Waals surface area contributed by atoms with Gasteiger partial charge >= 0.3 is 0 Å². The molecule has 1 heterocycles. The highest BCUT2D eigenvalue weighted by Gasteiger charge is 2.23. The molecule has 1 saturated carbocycles. The van der Waals surface area contributed by atoms with Gasteiger partial charge in [-0.05, 0) is 37.3 Å². The third-order valence-corrected chi connectivity index (χ3v) is 3.61. The summed E-state index contributed by atoms with van der Waals surface area (Å²) >= 11 is 0. The molecule has 1 fully saturated rings. The third kappa shape index (κ3) is 2.43. The molecule has 1 aliphatic rings. The zero-order valence-corrected chi connectivity index (χ0v) is 9.54. The summed E-state index contributed by atoms with van der Waals surface area (Å²) in [6.45, 7) is 2.08. The standard InChI is InChI=1S/C13H21NO/c1-10-8-9-15-13(10)12(14)11-6-4-2-3-5-7-11/h8-9,11-12H,2-7,14H2,1H3. The molecule has 84 valence electrons. The molecule has 0 radical (unpaired) electrons. The molecule has 1 aromatic rings. The van der Waals surface area contributed by atoms with Crippen molar-refractivity contribution in [1.29, 1.82) is 0 Å². The molecule has 1 aliphatic carbocycles. The van der Waals surface area contributed by atoms with E-state index in [9.17, 15) is 0 Å². The van der Waals surface area contributed by atoms with Crippen molar-refractivity contribution in [3.63, 3.8) is 0 Å². The van der Waals surface area contributed by atoms with Gasteiger partial charge in [0, 0.05) is 0 Å². The predicted molar refractivity (Wildman–Crippen MR) is 61.6 cm³/mol. The summed E-state index contributed by atoms with van der Waals surface area (Å²) in [6, 6.07) is 2.12. The Kier molecular flexibility index (Phi) is 3.47. The van der Waals surface area contributed by atoms with Gasteiger partial charge in [-0.15, -0.1) is 0 Å². The number of hydrogen-bond donors (Lipinski definition) is 1. The highest BCUT2D eigenvalue weighted by atomic mass is 16.3. The van der Waals surface area contributed by atoms with Crippen molar-refractivity contribution in [1.82, 2.24) is 0 Å². The molecule has 0 spiro atoms. The maximum absolute atomic E-state index is 6.29. The van der Waals surface area contributed by atoms with Crippen molar-refractivity contribution in [3.05, 3.63) is 23.7 Å². The molecule has 2 N–H and O–H groups in total. The van der Waals surface area contributed by atoms with Crippen molar-refractivity contribution < 1.29 is 4.42 Å². The van der Waals surface area contributed by atoms with Gasteiger partial charge in [0.2, 0.25) is 0 Å². The molecule has 1 aromatic heterocycles. The van der Waals surface area contributed by atoms with Gasteiger partial charge in [0.05, 0.1) is 12.3 Å². The minimum Gasteiger partial charge on any atom is -0.467 e. The second-order valence-corrected chi connectivity index (χ2v) is 4.75. The van der Waals surface area contributed by atoms with Gasteiger partial charge in [-0.25, -0.2) is 0 Å². The second kappa shape index (κ2) is 4.84. The van der Waals surface area contributed by atoms with Crippen molar-refractivity contribution in [2.24, 2.45) is 11.7 Å². The first-order valence-corrected chi connectivity index (χ1v) is 6.08. The molecule has 0 saturated heterocycles. The number of hydrogen-bond acceptors (Lipinski definition) is 2. The molecule has 1 unspecified atom stereocenters. The first-order valence-electron chi connectivity index (χ1n) is 6.08. The van der Waals surface area contributed by atoms with E-state index in [4.69, 9.17) is 10.2 Å². The van der Waals surface area contributed by atoms with Gasteiger partial charge in [-0.1, -0.05) is 25.7 Å². The summed E-state index contributed by atoms with van der Waals surface area (Å²) in [5.41, 5.74) is 7.49. The average molecular weight is 207 g/mol. The highest BCUT2D eigenvalue weighted by Crippen LogP contribution is 2.33. The zero-order valence-electron chi connectivity index (χ0n) is 9.54. The van der Waals surface area contributed by atoms with E-state index < -0.39 is 0 Å². The fourth-order valence-corrected chi connectivity index (χ4v) is 2.61. The van der Waals surface area contributed by atoms with E-state index in [1.165, 1.54) is 44.1 Å². The number of rotatable bonds is 2. The third-order valence-electron chi connectivity index (χ3n) is 3.61. The lowest BCUT2D eigenvalue weighted by Crippen LogP contribution is -2.21. The fourth-order valence-electron chi connectivity index (χ4n) is 2.61. The Morgan fingerprint density at radius 2 is 1.93 bits per heavy atom. The smallest absolute Gasteiger partial charge is 0.123 e. The summed E-state index contributed by atoms with van der Waals surface area (Å²) in [6.07, 6.45) is 9.70. The van der Waals surface area contributed by atoms with Gasteiger partial charge in [0.15, 0.2) is 0 Å². The van der Waals surface area contributed by atoms with Crippen molar-refractivity contribution in [2.75, 3.05) is 0 Å². The topological polar surface area (TPSA) is 39.2 Å². The van der Waals surface area contributed by atoms with Crippen LogP contribution in [0.1, 0.15) is 55.9 Å². The first kappa shape index (κ1) is 10.7. The van der Waals surface area contributed by atoms with E-state index >= 15 is 0 Å². The Labute approximate surface area is 91.8 Å². The molecule has 2 heteroatoms. The lowest BCUT2D eigenvalue weighted by Gasteiger charge is -2.21. The Hall–Kier alpha value is -0.760. The molecule has 15 heavy (non-hydrogen) atoms. The van der Waals surface area contributed by atoms with Crippen LogP contribution in [0.2, 0.25) is 0 Å². The van der Waals surface area contributed by atoms with Crippen LogP contribution in [0.5, 0.6) is 0 Å². The van der Waals surface area contributed by atoms with Gasteiger partial charge in [-0.3, -0.25) is 0 Å². The molecule has 1 atom stereocenters. The quantitative estimate of drug-likeness (QED) is 0.753. The minimum atomic E-state index is 0.109. The number of furan rings is 1. The Morgan fingerprint density at radius 3 is 2.47 bits per heavy atom. The Balaban J connectivity index is 2.06. The van der Waals surface area contributed by atoms with E-state index in [1.54, 1.807) is 6.26 Å². The number of aryl methyl sites for hydroxylation is 1. The van der Waals surface area contributed by atoms with E-state index in [0.717, 1.165) is 5.76 Å². The Bertz CT molecular complexity index is 297. The second-order valence-electron chi connectivity index (χ2n) is 4.75. The average Bonchev–Trinajstić information content (AvgIpc) is 2.53. The molecule has 2 rings (SSSR count). The van der Waals surface area contributed by atoms with Crippen LogP contribution in [0.3, 0.4) is 0 Å². The lowest BCUT2D eigenvalue weighted by molar-refractivity contribution is 0.331. The van der Waals surface area contributed by atoms with Crippen LogP contribution in [0, 0.1) is 12.8 Å². The molecular weight excluding hydrogens is 186 g/mol. The summed E-state index contributed by atoms with van der Waals surface area (Å²) in [5.74, 6) is 1.62. The monoisotopic (exact) mass is 207 g/mol. The zero-order chi connectivity index (χ0) is 10.7. The largest absolute Gasteiger partial charge is 0.467 e. The van der Waals surface area contributed by atoms with E-state index in [1.807, 2.05) is 6.07 Å². The molecule has 0 amide bonds. The van der Waals surface area contributed by atoms with Crippen LogP contribution in [0.25, 0.3) is 0 Å². The summed E-state index contributed by atoms with van der Waals surface area (Å²) in [7, 11) is 0. The SMILES string of the molecule is Cc1ccoc1C(N)C1CCCCCC1. The minimum absolute atomic E-state index is 0.109. The molecular formula is C13H21NO. The molecule has 0 aliphatic heterocycles. The van der Waals surface area contributed by atoms with Crippen LogP contribution >= 0.6 is 0 Å². The van der Waals surface area contributed by atoms with Gasteiger partial charge < -0.3 is 10.2 Å². The molecule has 2 nitrogen and oxygen atoms in total. The maximum atomic E-state index is 6.29. The van der Waals surface area contributed by atoms with Crippen LogP contribution in [0.4, 0.5) is 0 Å². The lowest BCUT2D eigenvalue weighted by atomic mass is 9.90. The summed E-state index contributed by atoms with van der Waals surface area (Å²) in [4.78, 5) is 0. The van der Waals surface area contributed by atoms with Crippen LogP contribution in [0.15, 0.2) is 16.7 Å². The van der Waals surface area contributed by atoms with E-state index in [-0.39, 0.29) is 6.04 Å². The molecule has 0 aromatic carbocycles. The molecule has 0 bridgehead atoms. The van der Waals surface area contributed by atoms with Crippen molar-refractivity contribution in [3.8, 4) is 0 Å². The Morgan fingerprint density at radius 1 is 1.27 bits per heavy atom. The normalized spacial score (nSPS) is 21.2. The number of nitrogens with two attached hydrogens (primary N) is 1. The van der Waals surface area contributed by atoms with E-state index in [2.05, 4.69) is 6.92 Å². The fraction of sp³-hybridized carbons (Fsp3) is 0.692. The van der Waals surface area contributed by atoms with Crippen molar-refractivity contribution in [2.45, 2.75) is 51.5 Å². The predicted octanol–water partition coefficient (Wildman–Crippen LogP) is 3.56.